The first-order valence-corrected chi connectivity index (χ1v) is 6.94. The number of hydrogen-bond donors (Lipinski definition) is 2. The number of rotatable bonds is 7. The lowest BCUT2D eigenvalue weighted by atomic mass is 10.1. The largest absolute Gasteiger partial charge is 0.497 e. The number of carboxylic acid groups (broad SMARTS) is 1. The molecule has 0 saturated carbocycles. The summed E-state index contributed by atoms with van der Waals surface area (Å²) in [6, 6.07) is 14.2. The summed E-state index contributed by atoms with van der Waals surface area (Å²) in [5, 5.41) is 11.7. The lowest BCUT2D eigenvalue weighted by Gasteiger charge is -2.15. The first kappa shape index (κ1) is 16.4. The van der Waals surface area contributed by atoms with Crippen molar-refractivity contribution in [2.75, 3.05) is 13.7 Å². The number of carboxylic acids is 1. The van der Waals surface area contributed by atoms with Crippen molar-refractivity contribution in [1.82, 2.24) is 5.32 Å². The Morgan fingerprint density at radius 1 is 1.09 bits per heavy atom. The molecule has 23 heavy (non-hydrogen) atoms. The fourth-order valence-electron chi connectivity index (χ4n) is 1.98. The molecule has 1 amide bonds. The molecular weight excluding hydrogens is 298 g/mol. The van der Waals surface area contributed by atoms with Crippen molar-refractivity contribution in [2.24, 2.45) is 0 Å². The SMILES string of the molecule is COc1cccc(OCC(=O)NC(C(=O)O)c2ccccc2)c1. The summed E-state index contributed by atoms with van der Waals surface area (Å²) >= 11 is 0. The standard InChI is InChI=1S/C17H17NO5/c1-22-13-8-5-9-14(10-13)23-11-15(19)18-16(17(20)21)12-6-3-2-4-7-12/h2-10,16H,11H2,1H3,(H,18,19)(H,20,21). The van der Waals surface area contributed by atoms with E-state index in [9.17, 15) is 14.7 Å². The van der Waals surface area contributed by atoms with Gasteiger partial charge in [0.25, 0.3) is 5.91 Å². The molecule has 0 spiro atoms. The molecule has 0 fully saturated rings. The maximum absolute atomic E-state index is 11.9. The molecule has 2 N–H and O–H groups in total. The summed E-state index contributed by atoms with van der Waals surface area (Å²) in [6.07, 6.45) is 0. The van der Waals surface area contributed by atoms with E-state index in [-0.39, 0.29) is 6.61 Å². The van der Waals surface area contributed by atoms with Gasteiger partial charge in [-0.1, -0.05) is 36.4 Å². The van der Waals surface area contributed by atoms with E-state index >= 15 is 0 Å². The van der Waals surface area contributed by atoms with E-state index in [0.717, 1.165) is 0 Å². The first-order valence-electron chi connectivity index (χ1n) is 6.94. The van der Waals surface area contributed by atoms with Gasteiger partial charge in [0.1, 0.15) is 11.5 Å². The van der Waals surface area contributed by atoms with E-state index in [0.29, 0.717) is 17.1 Å². The van der Waals surface area contributed by atoms with Crippen molar-refractivity contribution in [3.05, 3.63) is 60.2 Å². The molecule has 6 nitrogen and oxygen atoms in total. The Hall–Kier alpha value is -3.02. The number of ether oxygens (including phenoxy) is 2. The van der Waals surface area contributed by atoms with E-state index in [4.69, 9.17) is 9.47 Å². The highest BCUT2D eigenvalue weighted by Gasteiger charge is 2.21. The molecule has 0 aromatic heterocycles. The van der Waals surface area contributed by atoms with Crippen LogP contribution in [0.2, 0.25) is 0 Å². The average Bonchev–Trinajstić information content (AvgIpc) is 2.58. The van der Waals surface area contributed by atoms with Crippen LogP contribution < -0.4 is 14.8 Å². The molecule has 6 heteroatoms. The third-order valence-corrected chi connectivity index (χ3v) is 3.10. The molecular formula is C17H17NO5. The van der Waals surface area contributed by atoms with Crippen LogP contribution in [0.3, 0.4) is 0 Å². The lowest BCUT2D eigenvalue weighted by molar-refractivity contribution is -0.142. The highest BCUT2D eigenvalue weighted by molar-refractivity contribution is 5.85. The third-order valence-electron chi connectivity index (χ3n) is 3.10. The fourth-order valence-corrected chi connectivity index (χ4v) is 1.98. The summed E-state index contributed by atoms with van der Waals surface area (Å²) < 4.78 is 10.4. The maximum atomic E-state index is 11.9. The predicted molar refractivity (Wildman–Crippen MR) is 83.5 cm³/mol. The van der Waals surface area contributed by atoms with Gasteiger partial charge < -0.3 is 19.9 Å². The maximum Gasteiger partial charge on any atom is 0.330 e. The molecule has 0 aliphatic rings. The summed E-state index contributed by atoms with van der Waals surface area (Å²) in [6.45, 7) is -0.288. The molecule has 0 bridgehead atoms. The zero-order valence-corrected chi connectivity index (χ0v) is 12.6. The van der Waals surface area contributed by atoms with Crippen molar-refractivity contribution >= 4 is 11.9 Å². The summed E-state index contributed by atoms with van der Waals surface area (Å²) in [5.41, 5.74) is 0.495. The monoisotopic (exact) mass is 315 g/mol. The van der Waals surface area contributed by atoms with Gasteiger partial charge in [0.2, 0.25) is 0 Å². The molecule has 2 rings (SSSR count). The molecule has 120 valence electrons. The number of amides is 1. The third kappa shape index (κ3) is 4.74. The van der Waals surface area contributed by atoms with E-state index in [2.05, 4.69) is 5.32 Å². The zero-order valence-electron chi connectivity index (χ0n) is 12.6. The number of benzene rings is 2. The molecule has 0 saturated heterocycles. The van der Waals surface area contributed by atoms with Crippen LogP contribution in [0.5, 0.6) is 11.5 Å². The van der Waals surface area contributed by atoms with Gasteiger partial charge in [0, 0.05) is 6.07 Å². The van der Waals surface area contributed by atoms with Gasteiger partial charge in [0.15, 0.2) is 12.6 Å². The quantitative estimate of drug-likeness (QED) is 0.816. The number of carbonyl (C=O) groups excluding carboxylic acids is 1. The summed E-state index contributed by atoms with van der Waals surface area (Å²) in [4.78, 5) is 23.2. The van der Waals surface area contributed by atoms with E-state index in [1.807, 2.05) is 0 Å². The van der Waals surface area contributed by atoms with Crippen LogP contribution in [0.25, 0.3) is 0 Å². The average molecular weight is 315 g/mol. The highest BCUT2D eigenvalue weighted by Crippen LogP contribution is 2.19. The number of nitrogens with one attached hydrogen (secondary N) is 1. The van der Waals surface area contributed by atoms with Crippen LogP contribution in [0.1, 0.15) is 11.6 Å². The van der Waals surface area contributed by atoms with E-state index in [1.165, 1.54) is 7.11 Å². The summed E-state index contributed by atoms with van der Waals surface area (Å²) in [5.74, 6) is -0.586. The molecule has 1 atom stereocenters. The molecule has 0 aliphatic heterocycles. The van der Waals surface area contributed by atoms with Crippen LogP contribution in [0.15, 0.2) is 54.6 Å². The zero-order chi connectivity index (χ0) is 16.7. The van der Waals surface area contributed by atoms with Crippen LogP contribution in [-0.2, 0) is 9.59 Å². The van der Waals surface area contributed by atoms with E-state index in [1.54, 1.807) is 54.6 Å². The van der Waals surface area contributed by atoms with Crippen LogP contribution in [0, 0.1) is 0 Å². The van der Waals surface area contributed by atoms with Crippen molar-refractivity contribution in [3.63, 3.8) is 0 Å². The Balaban J connectivity index is 1.96. The molecule has 0 heterocycles. The number of hydrogen-bond acceptors (Lipinski definition) is 4. The highest BCUT2D eigenvalue weighted by atomic mass is 16.5. The van der Waals surface area contributed by atoms with Crippen LogP contribution >= 0.6 is 0 Å². The number of carbonyl (C=O) groups is 2. The van der Waals surface area contributed by atoms with Gasteiger partial charge in [-0.15, -0.1) is 0 Å². The second-order valence-electron chi connectivity index (χ2n) is 4.72. The van der Waals surface area contributed by atoms with Crippen molar-refractivity contribution in [3.8, 4) is 11.5 Å². The number of methoxy groups -OCH3 is 1. The van der Waals surface area contributed by atoms with Gasteiger partial charge in [0.05, 0.1) is 7.11 Å². The molecule has 0 aliphatic carbocycles. The minimum absolute atomic E-state index is 0.288. The van der Waals surface area contributed by atoms with Gasteiger partial charge in [-0.05, 0) is 17.7 Å². The Morgan fingerprint density at radius 2 is 1.78 bits per heavy atom. The normalized spacial score (nSPS) is 11.3. The minimum Gasteiger partial charge on any atom is -0.497 e. The van der Waals surface area contributed by atoms with E-state index < -0.39 is 17.9 Å². The van der Waals surface area contributed by atoms with Gasteiger partial charge in [-0.2, -0.15) is 0 Å². The Morgan fingerprint density at radius 3 is 2.43 bits per heavy atom. The van der Waals surface area contributed by atoms with Crippen LogP contribution in [0.4, 0.5) is 0 Å². The van der Waals surface area contributed by atoms with Crippen LogP contribution in [-0.4, -0.2) is 30.7 Å². The molecule has 2 aromatic rings. The number of aliphatic carboxylic acids is 1. The van der Waals surface area contributed by atoms with Crippen molar-refractivity contribution in [2.45, 2.75) is 6.04 Å². The minimum atomic E-state index is -1.13. The molecule has 0 radical (unpaired) electrons. The predicted octanol–water partition coefficient (Wildman–Crippen LogP) is 2.02. The molecule has 2 aromatic carbocycles. The van der Waals surface area contributed by atoms with Gasteiger partial charge in [-0.3, -0.25) is 4.79 Å². The second kappa shape index (κ2) is 7.84. The van der Waals surface area contributed by atoms with Gasteiger partial charge in [-0.25, -0.2) is 4.79 Å². The van der Waals surface area contributed by atoms with Crippen molar-refractivity contribution in [1.29, 1.82) is 0 Å². The molecule has 1 unspecified atom stereocenters. The topological polar surface area (TPSA) is 84.9 Å². The fraction of sp³-hybridized carbons (Fsp3) is 0.176. The Kier molecular flexibility index (Phi) is 5.57. The Labute approximate surface area is 133 Å². The van der Waals surface area contributed by atoms with Crippen molar-refractivity contribution < 1.29 is 24.2 Å². The summed E-state index contributed by atoms with van der Waals surface area (Å²) in [7, 11) is 1.53. The van der Waals surface area contributed by atoms with Gasteiger partial charge >= 0.3 is 5.97 Å². The lowest BCUT2D eigenvalue weighted by Crippen LogP contribution is -2.36. The second-order valence-corrected chi connectivity index (χ2v) is 4.72. The Bertz CT molecular complexity index is 672. The smallest absolute Gasteiger partial charge is 0.330 e. The first-order chi connectivity index (χ1) is 11.1.